The lowest BCUT2D eigenvalue weighted by atomic mass is 10.1. The summed E-state index contributed by atoms with van der Waals surface area (Å²) in [5.74, 6) is 0.381. The van der Waals surface area contributed by atoms with Crippen LogP contribution >= 0.6 is 11.6 Å². The lowest BCUT2D eigenvalue weighted by Gasteiger charge is -2.27. The highest BCUT2D eigenvalue weighted by molar-refractivity contribution is 6.28. The summed E-state index contributed by atoms with van der Waals surface area (Å²) >= 11 is 5.83. The van der Waals surface area contributed by atoms with Gasteiger partial charge in [-0.25, -0.2) is 9.78 Å². The van der Waals surface area contributed by atoms with E-state index in [-0.39, 0.29) is 17.9 Å². The van der Waals surface area contributed by atoms with Crippen LogP contribution in [0.15, 0.2) is 0 Å². The van der Waals surface area contributed by atoms with Crippen molar-refractivity contribution >= 4 is 17.7 Å². The highest BCUT2D eigenvalue weighted by Crippen LogP contribution is 2.27. The Bertz CT molecular complexity index is 479. The Morgan fingerprint density at radius 1 is 1.50 bits per heavy atom. The van der Waals surface area contributed by atoms with Crippen LogP contribution in [0.4, 0.5) is 4.79 Å². The van der Waals surface area contributed by atoms with Gasteiger partial charge in [0.1, 0.15) is 0 Å². The molecule has 0 radical (unpaired) electrons. The van der Waals surface area contributed by atoms with Gasteiger partial charge < -0.3 is 14.7 Å². The SMILES string of the molecule is CC(C)Oc1nc(Cl)nc2c1CN(C(=O)O)CC2. The number of rotatable bonds is 2. The molecule has 1 amide bonds. The van der Waals surface area contributed by atoms with Gasteiger partial charge in [0.25, 0.3) is 0 Å². The predicted molar refractivity (Wildman–Crippen MR) is 64.9 cm³/mol. The fraction of sp³-hybridized carbons (Fsp3) is 0.545. The van der Waals surface area contributed by atoms with E-state index in [2.05, 4.69) is 9.97 Å². The fourth-order valence-corrected chi connectivity index (χ4v) is 2.02. The molecule has 6 nitrogen and oxygen atoms in total. The summed E-state index contributed by atoms with van der Waals surface area (Å²) in [5, 5.41) is 9.14. The van der Waals surface area contributed by atoms with E-state index < -0.39 is 6.09 Å². The molecule has 7 heteroatoms. The van der Waals surface area contributed by atoms with E-state index >= 15 is 0 Å². The number of nitrogens with zero attached hydrogens (tertiary/aromatic N) is 3. The van der Waals surface area contributed by atoms with Gasteiger partial charge in [0.2, 0.25) is 11.2 Å². The van der Waals surface area contributed by atoms with E-state index in [1.54, 1.807) is 0 Å². The number of carbonyl (C=O) groups is 1. The summed E-state index contributed by atoms with van der Waals surface area (Å²) < 4.78 is 5.57. The van der Waals surface area contributed by atoms with Crippen LogP contribution < -0.4 is 4.74 Å². The highest BCUT2D eigenvalue weighted by atomic mass is 35.5. The Morgan fingerprint density at radius 3 is 2.83 bits per heavy atom. The van der Waals surface area contributed by atoms with Crippen molar-refractivity contribution in [3.63, 3.8) is 0 Å². The molecule has 2 rings (SSSR count). The molecule has 1 aliphatic rings. The van der Waals surface area contributed by atoms with Crippen molar-refractivity contribution in [2.75, 3.05) is 6.54 Å². The van der Waals surface area contributed by atoms with Crippen LogP contribution in [0.3, 0.4) is 0 Å². The average Bonchev–Trinajstić information content (AvgIpc) is 2.27. The van der Waals surface area contributed by atoms with Gasteiger partial charge in [-0.2, -0.15) is 4.98 Å². The van der Waals surface area contributed by atoms with Crippen LogP contribution in [-0.4, -0.2) is 38.7 Å². The van der Waals surface area contributed by atoms with Gasteiger partial charge in [0.15, 0.2) is 0 Å². The van der Waals surface area contributed by atoms with Crippen LogP contribution in [-0.2, 0) is 13.0 Å². The maximum atomic E-state index is 11.0. The van der Waals surface area contributed by atoms with Crippen LogP contribution in [0.1, 0.15) is 25.1 Å². The van der Waals surface area contributed by atoms with Gasteiger partial charge in [-0.15, -0.1) is 0 Å². The standard InChI is InChI=1S/C11H14ClN3O3/c1-6(2)18-9-7-5-15(11(16)17)4-3-8(7)13-10(12)14-9/h6H,3-5H2,1-2H3,(H,16,17). The summed E-state index contributed by atoms with van der Waals surface area (Å²) in [4.78, 5) is 20.5. The number of carboxylic acid groups (broad SMARTS) is 1. The number of aromatic nitrogens is 2. The first-order chi connectivity index (χ1) is 8.47. The highest BCUT2D eigenvalue weighted by Gasteiger charge is 2.26. The summed E-state index contributed by atoms with van der Waals surface area (Å²) in [6.07, 6.45) is -0.482. The maximum absolute atomic E-state index is 11.0. The van der Waals surface area contributed by atoms with Crippen molar-refractivity contribution in [1.82, 2.24) is 14.9 Å². The van der Waals surface area contributed by atoms with E-state index in [9.17, 15) is 4.79 Å². The number of amides is 1. The molecule has 0 fully saturated rings. The van der Waals surface area contributed by atoms with Gasteiger partial charge in [0.05, 0.1) is 23.9 Å². The molecule has 0 aliphatic carbocycles. The molecular weight excluding hydrogens is 258 g/mol. The Labute approximate surface area is 110 Å². The lowest BCUT2D eigenvalue weighted by Crippen LogP contribution is -2.35. The number of ether oxygens (including phenoxy) is 1. The molecule has 0 saturated heterocycles. The Morgan fingerprint density at radius 2 is 2.22 bits per heavy atom. The second kappa shape index (κ2) is 4.97. The summed E-state index contributed by atoms with van der Waals surface area (Å²) in [6, 6.07) is 0. The van der Waals surface area contributed by atoms with Crippen LogP contribution in [0, 0.1) is 0 Å². The molecule has 1 N–H and O–H groups in total. The molecule has 1 aromatic heterocycles. The third-order valence-electron chi connectivity index (χ3n) is 2.61. The van der Waals surface area contributed by atoms with Gasteiger partial charge >= 0.3 is 6.09 Å². The summed E-state index contributed by atoms with van der Waals surface area (Å²) in [7, 11) is 0. The van der Waals surface area contributed by atoms with Crippen LogP contribution in [0.25, 0.3) is 0 Å². The number of hydrogen-bond acceptors (Lipinski definition) is 4. The van der Waals surface area contributed by atoms with E-state index in [4.69, 9.17) is 21.4 Å². The second-order valence-corrected chi connectivity index (χ2v) is 4.68. The Balaban J connectivity index is 2.37. The van der Waals surface area contributed by atoms with Crippen molar-refractivity contribution in [1.29, 1.82) is 0 Å². The van der Waals surface area contributed by atoms with Gasteiger partial charge in [0, 0.05) is 13.0 Å². The summed E-state index contributed by atoms with van der Waals surface area (Å²) in [5.41, 5.74) is 1.48. The minimum atomic E-state index is -0.953. The fourth-order valence-electron chi connectivity index (χ4n) is 1.84. The normalized spacial score (nSPS) is 14.6. The zero-order chi connectivity index (χ0) is 13.3. The first-order valence-corrected chi connectivity index (χ1v) is 6.05. The van der Waals surface area contributed by atoms with Crippen molar-refractivity contribution in [3.8, 4) is 5.88 Å². The molecule has 1 aliphatic heterocycles. The van der Waals surface area contributed by atoms with Crippen LogP contribution in [0.5, 0.6) is 5.88 Å². The van der Waals surface area contributed by atoms with Crippen LogP contribution in [0.2, 0.25) is 5.28 Å². The smallest absolute Gasteiger partial charge is 0.407 e. The molecule has 1 aromatic rings. The number of hydrogen-bond donors (Lipinski definition) is 1. The van der Waals surface area contributed by atoms with Crippen molar-refractivity contribution in [2.24, 2.45) is 0 Å². The zero-order valence-corrected chi connectivity index (χ0v) is 10.9. The largest absolute Gasteiger partial charge is 0.475 e. The van der Waals surface area contributed by atoms with E-state index in [0.29, 0.717) is 24.4 Å². The Hall–Kier alpha value is -1.56. The van der Waals surface area contributed by atoms with E-state index in [1.165, 1.54) is 4.90 Å². The molecule has 18 heavy (non-hydrogen) atoms. The minimum Gasteiger partial charge on any atom is -0.475 e. The zero-order valence-electron chi connectivity index (χ0n) is 10.2. The van der Waals surface area contributed by atoms with Crippen molar-refractivity contribution < 1.29 is 14.6 Å². The molecule has 98 valence electrons. The summed E-state index contributed by atoms with van der Waals surface area (Å²) in [6.45, 7) is 4.40. The first-order valence-electron chi connectivity index (χ1n) is 5.67. The van der Waals surface area contributed by atoms with Gasteiger partial charge in [-0.05, 0) is 25.4 Å². The molecule has 0 atom stereocenters. The van der Waals surface area contributed by atoms with Gasteiger partial charge in [-0.1, -0.05) is 0 Å². The Kier molecular flexibility index (Phi) is 3.56. The molecule has 0 bridgehead atoms. The molecule has 0 saturated carbocycles. The monoisotopic (exact) mass is 271 g/mol. The minimum absolute atomic E-state index is 0.0553. The van der Waals surface area contributed by atoms with E-state index in [1.807, 2.05) is 13.8 Å². The first kappa shape index (κ1) is 12.9. The molecule has 0 aromatic carbocycles. The van der Waals surface area contributed by atoms with Crippen molar-refractivity contribution in [3.05, 3.63) is 16.5 Å². The molecule has 0 spiro atoms. The predicted octanol–water partition coefficient (Wildman–Crippen LogP) is 1.95. The maximum Gasteiger partial charge on any atom is 0.407 e. The lowest BCUT2D eigenvalue weighted by molar-refractivity contribution is 0.137. The third-order valence-corrected chi connectivity index (χ3v) is 2.78. The third kappa shape index (κ3) is 2.64. The quantitative estimate of drug-likeness (QED) is 0.832. The average molecular weight is 272 g/mol. The number of fused-ring (bicyclic) bond motifs is 1. The second-order valence-electron chi connectivity index (χ2n) is 4.34. The van der Waals surface area contributed by atoms with Gasteiger partial charge in [-0.3, -0.25) is 0 Å². The molecular formula is C11H14ClN3O3. The van der Waals surface area contributed by atoms with E-state index in [0.717, 1.165) is 5.69 Å². The number of halogens is 1. The topological polar surface area (TPSA) is 75.6 Å². The molecule has 0 unspecified atom stereocenters. The molecule has 2 heterocycles. The van der Waals surface area contributed by atoms with Crippen molar-refractivity contribution in [2.45, 2.75) is 32.9 Å².